The number of rotatable bonds is 5. The van der Waals surface area contributed by atoms with Crippen molar-refractivity contribution in [3.8, 4) is 0 Å². The van der Waals surface area contributed by atoms with Crippen LogP contribution in [0.5, 0.6) is 0 Å². The van der Waals surface area contributed by atoms with E-state index in [1.807, 2.05) is 62.4 Å². The van der Waals surface area contributed by atoms with E-state index in [9.17, 15) is 9.59 Å². The monoisotopic (exact) mass is 380 g/mol. The van der Waals surface area contributed by atoms with Gasteiger partial charge in [-0.25, -0.2) is 0 Å². The van der Waals surface area contributed by atoms with E-state index in [-0.39, 0.29) is 18.2 Å². The minimum absolute atomic E-state index is 0.0745. The quantitative estimate of drug-likeness (QED) is 0.617. The Balaban J connectivity index is 1.54. The molecule has 3 rings (SSSR count). The second-order valence-electron chi connectivity index (χ2n) is 6.27. The van der Waals surface area contributed by atoms with Crippen LogP contribution in [0.25, 0.3) is 0 Å². The van der Waals surface area contributed by atoms with Crippen LogP contribution in [0.1, 0.15) is 23.1 Å². The Morgan fingerprint density at radius 1 is 1.11 bits per heavy atom. The van der Waals surface area contributed by atoms with Crippen LogP contribution in [-0.4, -0.2) is 28.4 Å². The molecule has 0 aliphatic carbocycles. The first kappa shape index (κ1) is 18.8. The zero-order valence-corrected chi connectivity index (χ0v) is 15.9. The number of thioether (sulfide) groups is 1. The van der Waals surface area contributed by atoms with Crippen LogP contribution < -0.4 is 10.6 Å². The number of amides is 2. The summed E-state index contributed by atoms with van der Waals surface area (Å²) in [5.41, 5.74) is 3.92. The van der Waals surface area contributed by atoms with E-state index in [2.05, 4.69) is 20.8 Å². The standard InChI is InChI=1S/C20H20N4O2S/c1-13-3-7-15(8-4-13)12-21-24-20-23-19(26)17(27-20)11-18(25)22-16-9-5-14(2)6-10-16/h3-10,12,17H,11H2,1-2H3,(H,22,25)(H,23,24,26)/b21-12-/t17-/m0/s1. The van der Waals surface area contributed by atoms with Crippen molar-refractivity contribution in [3.63, 3.8) is 0 Å². The van der Waals surface area contributed by atoms with Gasteiger partial charge in [0.1, 0.15) is 5.25 Å². The summed E-state index contributed by atoms with van der Waals surface area (Å²) < 4.78 is 0. The van der Waals surface area contributed by atoms with Crippen molar-refractivity contribution >= 4 is 40.6 Å². The van der Waals surface area contributed by atoms with Gasteiger partial charge >= 0.3 is 0 Å². The Morgan fingerprint density at radius 2 is 1.74 bits per heavy atom. The van der Waals surface area contributed by atoms with Gasteiger partial charge in [0, 0.05) is 12.1 Å². The van der Waals surface area contributed by atoms with Crippen LogP contribution in [0, 0.1) is 13.8 Å². The average Bonchev–Trinajstić information content (AvgIpc) is 2.98. The number of nitrogens with zero attached hydrogens (tertiary/aromatic N) is 2. The molecule has 0 spiro atoms. The van der Waals surface area contributed by atoms with E-state index in [1.165, 1.54) is 17.3 Å². The predicted molar refractivity (Wildman–Crippen MR) is 110 cm³/mol. The molecule has 1 aliphatic heterocycles. The van der Waals surface area contributed by atoms with Gasteiger partial charge < -0.3 is 10.6 Å². The zero-order valence-electron chi connectivity index (χ0n) is 15.1. The van der Waals surface area contributed by atoms with E-state index < -0.39 is 5.25 Å². The number of nitrogens with one attached hydrogen (secondary N) is 2. The zero-order chi connectivity index (χ0) is 19.2. The lowest BCUT2D eigenvalue weighted by Gasteiger charge is -2.07. The Hall–Kier alpha value is -2.93. The molecule has 1 heterocycles. The van der Waals surface area contributed by atoms with E-state index in [1.54, 1.807) is 6.21 Å². The summed E-state index contributed by atoms with van der Waals surface area (Å²) in [6.07, 6.45) is 1.70. The summed E-state index contributed by atoms with van der Waals surface area (Å²) in [6.45, 7) is 3.99. The number of hydrogen-bond acceptors (Lipinski definition) is 5. The topological polar surface area (TPSA) is 82.9 Å². The second-order valence-corrected chi connectivity index (χ2v) is 7.47. The van der Waals surface area contributed by atoms with Crippen molar-refractivity contribution in [1.29, 1.82) is 0 Å². The van der Waals surface area contributed by atoms with Gasteiger partial charge in [0.25, 0.3) is 0 Å². The first-order valence-electron chi connectivity index (χ1n) is 8.51. The third-order valence-electron chi connectivity index (χ3n) is 3.92. The lowest BCUT2D eigenvalue weighted by Crippen LogP contribution is -2.28. The number of aryl methyl sites for hydroxylation is 2. The molecule has 1 fully saturated rings. The van der Waals surface area contributed by atoms with Crippen LogP contribution in [-0.2, 0) is 9.59 Å². The van der Waals surface area contributed by atoms with Crippen LogP contribution in [0.3, 0.4) is 0 Å². The average molecular weight is 380 g/mol. The molecule has 0 aromatic heterocycles. The van der Waals surface area contributed by atoms with Crippen molar-refractivity contribution < 1.29 is 9.59 Å². The van der Waals surface area contributed by atoms with Gasteiger partial charge in [-0.15, -0.1) is 5.10 Å². The predicted octanol–water partition coefficient (Wildman–Crippen LogP) is 3.25. The fourth-order valence-corrected chi connectivity index (χ4v) is 3.33. The maximum absolute atomic E-state index is 12.2. The van der Waals surface area contributed by atoms with Crippen molar-refractivity contribution in [2.24, 2.45) is 10.2 Å². The van der Waals surface area contributed by atoms with Crippen LogP contribution in [0.2, 0.25) is 0 Å². The molecule has 0 bridgehead atoms. The van der Waals surface area contributed by atoms with E-state index >= 15 is 0 Å². The second kappa shape index (κ2) is 8.64. The maximum Gasteiger partial charge on any atom is 0.240 e. The fourth-order valence-electron chi connectivity index (χ4n) is 2.40. The molecular formula is C20H20N4O2S. The third-order valence-corrected chi connectivity index (χ3v) is 4.99. The summed E-state index contributed by atoms with van der Waals surface area (Å²) in [6, 6.07) is 15.4. The van der Waals surface area contributed by atoms with E-state index in [0.29, 0.717) is 10.9 Å². The summed E-state index contributed by atoms with van der Waals surface area (Å²) >= 11 is 1.21. The number of benzene rings is 2. The number of hydrogen-bond donors (Lipinski definition) is 2. The SMILES string of the molecule is Cc1ccc(/C=N\N=C2/NC(=O)[C@H](CC(=O)Nc3ccc(C)cc3)S2)cc1. The lowest BCUT2D eigenvalue weighted by atomic mass is 10.2. The number of carbonyl (C=O) groups is 2. The lowest BCUT2D eigenvalue weighted by molar-refractivity contribution is -0.122. The smallest absolute Gasteiger partial charge is 0.240 e. The highest BCUT2D eigenvalue weighted by Crippen LogP contribution is 2.23. The molecule has 0 saturated carbocycles. The number of anilines is 1. The van der Waals surface area contributed by atoms with Crippen molar-refractivity contribution in [1.82, 2.24) is 5.32 Å². The first-order chi connectivity index (χ1) is 13.0. The van der Waals surface area contributed by atoms with Gasteiger partial charge in [-0.3, -0.25) is 9.59 Å². The Bertz CT molecular complexity index is 889. The maximum atomic E-state index is 12.2. The summed E-state index contributed by atoms with van der Waals surface area (Å²) in [7, 11) is 0. The number of carbonyl (C=O) groups excluding carboxylic acids is 2. The Kier molecular flexibility index (Phi) is 6.03. The highest BCUT2D eigenvalue weighted by Gasteiger charge is 2.32. The molecule has 1 saturated heterocycles. The molecule has 138 valence electrons. The highest BCUT2D eigenvalue weighted by atomic mass is 32.2. The number of amidine groups is 1. The van der Waals surface area contributed by atoms with E-state index in [4.69, 9.17) is 0 Å². The molecule has 0 radical (unpaired) electrons. The van der Waals surface area contributed by atoms with Gasteiger partial charge in [0.2, 0.25) is 11.8 Å². The normalized spacial score (nSPS) is 18.1. The Morgan fingerprint density at radius 3 is 2.41 bits per heavy atom. The molecule has 6 nitrogen and oxygen atoms in total. The molecule has 1 atom stereocenters. The van der Waals surface area contributed by atoms with Gasteiger partial charge in [0.15, 0.2) is 5.17 Å². The van der Waals surface area contributed by atoms with Gasteiger partial charge in [0.05, 0.1) is 6.21 Å². The summed E-state index contributed by atoms with van der Waals surface area (Å²) in [5, 5.41) is 13.4. The third kappa shape index (κ3) is 5.52. The molecule has 2 aromatic carbocycles. The van der Waals surface area contributed by atoms with Gasteiger partial charge in [-0.05, 0) is 31.5 Å². The first-order valence-corrected chi connectivity index (χ1v) is 9.39. The minimum Gasteiger partial charge on any atom is -0.326 e. The van der Waals surface area contributed by atoms with Gasteiger partial charge in [-0.1, -0.05) is 59.3 Å². The molecular weight excluding hydrogens is 360 g/mol. The largest absolute Gasteiger partial charge is 0.326 e. The minimum atomic E-state index is -0.510. The Labute approximate surface area is 162 Å². The summed E-state index contributed by atoms with van der Waals surface area (Å²) in [4.78, 5) is 24.2. The summed E-state index contributed by atoms with van der Waals surface area (Å²) in [5.74, 6) is -0.445. The molecule has 2 N–H and O–H groups in total. The van der Waals surface area contributed by atoms with Crippen molar-refractivity contribution in [2.45, 2.75) is 25.5 Å². The molecule has 2 amide bonds. The van der Waals surface area contributed by atoms with Crippen LogP contribution >= 0.6 is 11.8 Å². The molecule has 7 heteroatoms. The van der Waals surface area contributed by atoms with Gasteiger partial charge in [-0.2, -0.15) is 5.10 Å². The van der Waals surface area contributed by atoms with Crippen molar-refractivity contribution in [2.75, 3.05) is 5.32 Å². The highest BCUT2D eigenvalue weighted by molar-refractivity contribution is 8.15. The fraction of sp³-hybridized carbons (Fsp3) is 0.200. The molecule has 1 aliphatic rings. The van der Waals surface area contributed by atoms with Crippen LogP contribution in [0.4, 0.5) is 5.69 Å². The van der Waals surface area contributed by atoms with Crippen molar-refractivity contribution in [3.05, 3.63) is 65.2 Å². The molecule has 0 unspecified atom stereocenters. The van der Waals surface area contributed by atoms with Crippen LogP contribution in [0.15, 0.2) is 58.7 Å². The molecule has 27 heavy (non-hydrogen) atoms. The van der Waals surface area contributed by atoms with E-state index in [0.717, 1.165) is 11.1 Å². The molecule has 2 aromatic rings.